The smallest absolute Gasteiger partial charge is 0.316 e. The summed E-state index contributed by atoms with van der Waals surface area (Å²) in [4.78, 5) is 16.3. The summed E-state index contributed by atoms with van der Waals surface area (Å²) in [5.41, 5.74) is 2.64. The topological polar surface area (TPSA) is 81.2 Å². The second kappa shape index (κ2) is 6.24. The van der Waals surface area contributed by atoms with Gasteiger partial charge in [0.15, 0.2) is 5.76 Å². The lowest BCUT2D eigenvalue weighted by atomic mass is 10.1. The molecule has 0 saturated carbocycles. The van der Waals surface area contributed by atoms with Crippen LogP contribution in [-0.4, -0.2) is 16.0 Å². The lowest BCUT2D eigenvalue weighted by Crippen LogP contribution is -2.23. The molecule has 0 unspecified atom stereocenters. The Morgan fingerprint density at radius 2 is 1.84 bits per heavy atom. The van der Waals surface area contributed by atoms with Crippen LogP contribution in [0, 0.1) is 6.92 Å². The minimum atomic E-state index is -0.420. The molecule has 2 aromatic carbocycles. The molecular formula is C19H15N3O3. The summed E-state index contributed by atoms with van der Waals surface area (Å²) < 4.78 is 10.9. The maximum atomic E-state index is 12.2. The van der Waals surface area contributed by atoms with Crippen molar-refractivity contribution >= 4 is 16.9 Å². The van der Waals surface area contributed by atoms with E-state index < -0.39 is 5.91 Å². The third kappa shape index (κ3) is 2.89. The third-order valence-electron chi connectivity index (χ3n) is 3.96. The molecule has 0 fully saturated rings. The van der Waals surface area contributed by atoms with Gasteiger partial charge in [-0.05, 0) is 18.6 Å². The van der Waals surface area contributed by atoms with Crippen LogP contribution in [0.1, 0.15) is 21.8 Å². The Hall–Kier alpha value is -3.41. The van der Waals surface area contributed by atoms with E-state index in [9.17, 15) is 4.79 Å². The molecule has 0 aliphatic heterocycles. The minimum absolute atomic E-state index is 0.0919. The number of fused-ring (bicyclic) bond motifs is 1. The molecule has 4 rings (SSSR count). The summed E-state index contributed by atoms with van der Waals surface area (Å²) in [5, 5.41) is 7.62. The van der Waals surface area contributed by atoms with Crippen molar-refractivity contribution < 1.29 is 13.7 Å². The van der Waals surface area contributed by atoms with Crippen LogP contribution in [0.15, 0.2) is 63.5 Å². The van der Waals surface area contributed by atoms with Gasteiger partial charge in [0.2, 0.25) is 5.82 Å². The number of carbonyl (C=O) groups is 1. The second-order valence-electron chi connectivity index (χ2n) is 5.64. The maximum Gasteiger partial charge on any atom is 0.316 e. The summed E-state index contributed by atoms with van der Waals surface area (Å²) in [7, 11) is 0. The molecule has 0 saturated heterocycles. The van der Waals surface area contributed by atoms with Gasteiger partial charge in [-0.25, -0.2) is 0 Å². The number of aryl methyl sites for hydroxylation is 1. The number of hydrogen-bond acceptors (Lipinski definition) is 5. The van der Waals surface area contributed by atoms with Crippen molar-refractivity contribution in [1.82, 2.24) is 15.5 Å². The zero-order chi connectivity index (χ0) is 17.2. The van der Waals surface area contributed by atoms with E-state index in [2.05, 4.69) is 15.5 Å². The van der Waals surface area contributed by atoms with E-state index >= 15 is 0 Å². The number of aromatic nitrogens is 2. The van der Waals surface area contributed by atoms with E-state index in [0.717, 1.165) is 22.1 Å². The highest BCUT2D eigenvalue weighted by Crippen LogP contribution is 2.31. The highest BCUT2D eigenvalue weighted by Gasteiger charge is 2.20. The summed E-state index contributed by atoms with van der Waals surface area (Å²) >= 11 is 0. The van der Waals surface area contributed by atoms with Crippen LogP contribution in [0.4, 0.5) is 0 Å². The molecule has 6 heteroatoms. The van der Waals surface area contributed by atoms with Crippen molar-refractivity contribution in [2.75, 3.05) is 0 Å². The van der Waals surface area contributed by atoms with Crippen LogP contribution in [0.3, 0.4) is 0 Å². The fourth-order valence-electron chi connectivity index (χ4n) is 2.65. The number of nitrogens with zero attached hydrogens (tertiary/aromatic N) is 2. The number of rotatable bonds is 4. The average Bonchev–Trinajstić information content (AvgIpc) is 3.26. The zero-order valence-corrected chi connectivity index (χ0v) is 13.5. The first-order chi connectivity index (χ1) is 12.2. The minimum Gasteiger partial charge on any atom is -0.452 e. The van der Waals surface area contributed by atoms with Crippen LogP contribution in [0.5, 0.6) is 0 Å². The van der Waals surface area contributed by atoms with Crippen LogP contribution in [0.25, 0.3) is 22.6 Å². The molecule has 25 heavy (non-hydrogen) atoms. The van der Waals surface area contributed by atoms with Crippen molar-refractivity contribution in [3.63, 3.8) is 0 Å². The first-order valence-electron chi connectivity index (χ1n) is 7.87. The monoisotopic (exact) mass is 333 g/mol. The third-order valence-corrected chi connectivity index (χ3v) is 3.96. The molecule has 0 aliphatic carbocycles. The van der Waals surface area contributed by atoms with Gasteiger partial charge < -0.3 is 14.3 Å². The van der Waals surface area contributed by atoms with Crippen molar-refractivity contribution in [1.29, 1.82) is 0 Å². The van der Waals surface area contributed by atoms with Gasteiger partial charge in [-0.3, -0.25) is 4.79 Å². The Morgan fingerprint density at radius 1 is 1.08 bits per heavy atom. The summed E-state index contributed by atoms with van der Waals surface area (Å²) in [6.45, 7) is 2.31. The van der Waals surface area contributed by atoms with E-state index in [1.54, 1.807) is 0 Å². The molecule has 2 aromatic heterocycles. The Labute approximate surface area is 143 Å². The highest BCUT2D eigenvalue weighted by molar-refractivity contribution is 5.90. The fourth-order valence-corrected chi connectivity index (χ4v) is 2.65. The van der Waals surface area contributed by atoms with E-state index in [-0.39, 0.29) is 11.7 Å². The Bertz CT molecular complexity index is 1030. The molecule has 6 nitrogen and oxygen atoms in total. The molecule has 0 aliphatic rings. The van der Waals surface area contributed by atoms with Crippen molar-refractivity contribution in [2.45, 2.75) is 13.5 Å². The number of amides is 1. The summed E-state index contributed by atoms with van der Waals surface area (Å²) in [6.07, 6.45) is 0. The van der Waals surface area contributed by atoms with Gasteiger partial charge in [-0.15, -0.1) is 0 Å². The van der Waals surface area contributed by atoms with Crippen molar-refractivity contribution in [3.05, 3.63) is 71.6 Å². The molecule has 1 amide bonds. The first kappa shape index (κ1) is 15.1. The Morgan fingerprint density at radius 3 is 2.64 bits per heavy atom. The maximum absolute atomic E-state index is 12.2. The van der Waals surface area contributed by atoms with E-state index in [4.69, 9.17) is 8.94 Å². The number of benzene rings is 2. The molecule has 0 radical (unpaired) electrons. The summed E-state index contributed by atoms with van der Waals surface area (Å²) in [5.74, 6) is 0.257. The lowest BCUT2D eigenvalue weighted by Gasteiger charge is -2.01. The molecule has 1 N–H and O–H groups in total. The largest absolute Gasteiger partial charge is 0.452 e. The molecule has 0 spiro atoms. The number of furan rings is 1. The van der Waals surface area contributed by atoms with Crippen LogP contribution in [-0.2, 0) is 6.54 Å². The first-order valence-corrected chi connectivity index (χ1v) is 7.87. The highest BCUT2D eigenvalue weighted by atomic mass is 16.5. The molecule has 0 atom stereocenters. The normalized spacial score (nSPS) is 10.9. The molecule has 124 valence electrons. The number of nitrogens with one attached hydrogen (secondary N) is 1. The number of para-hydroxylation sites is 1. The van der Waals surface area contributed by atoms with Crippen LogP contribution >= 0.6 is 0 Å². The summed E-state index contributed by atoms with van der Waals surface area (Å²) in [6, 6.07) is 17.3. The Balaban J connectivity index is 1.55. The van der Waals surface area contributed by atoms with E-state index in [1.807, 2.05) is 61.5 Å². The number of carbonyl (C=O) groups excluding carboxylic acids is 1. The average molecular weight is 333 g/mol. The van der Waals surface area contributed by atoms with E-state index in [0.29, 0.717) is 12.3 Å². The lowest BCUT2D eigenvalue weighted by molar-refractivity contribution is 0.0907. The predicted octanol–water partition coefficient (Wildman–Crippen LogP) is 3.72. The van der Waals surface area contributed by atoms with Crippen molar-refractivity contribution in [3.8, 4) is 11.6 Å². The quantitative estimate of drug-likeness (QED) is 0.615. The van der Waals surface area contributed by atoms with Gasteiger partial charge >= 0.3 is 11.8 Å². The van der Waals surface area contributed by atoms with Gasteiger partial charge in [0.1, 0.15) is 5.58 Å². The van der Waals surface area contributed by atoms with E-state index in [1.165, 1.54) is 0 Å². The molecule has 0 bridgehead atoms. The number of hydrogen-bond donors (Lipinski definition) is 1. The molecule has 4 aromatic rings. The van der Waals surface area contributed by atoms with Gasteiger partial charge in [-0.1, -0.05) is 53.7 Å². The zero-order valence-electron chi connectivity index (χ0n) is 13.5. The van der Waals surface area contributed by atoms with Crippen LogP contribution < -0.4 is 5.32 Å². The van der Waals surface area contributed by atoms with Gasteiger partial charge in [0, 0.05) is 17.5 Å². The standard InChI is InChI=1S/C19H15N3O3/c1-12-14-9-5-6-10-15(14)24-16(12)17-21-19(25-22-17)18(23)20-11-13-7-3-2-4-8-13/h2-10H,11H2,1H3,(H,20,23). The Kier molecular flexibility index (Phi) is 3.78. The fraction of sp³-hybridized carbons (Fsp3) is 0.105. The SMILES string of the molecule is Cc1c(-c2noc(C(=O)NCc3ccccc3)n2)oc2ccccc12. The van der Waals surface area contributed by atoms with Gasteiger partial charge in [0.05, 0.1) is 0 Å². The van der Waals surface area contributed by atoms with Crippen LogP contribution in [0.2, 0.25) is 0 Å². The van der Waals surface area contributed by atoms with Gasteiger partial charge in [0.25, 0.3) is 0 Å². The predicted molar refractivity (Wildman–Crippen MR) is 91.9 cm³/mol. The van der Waals surface area contributed by atoms with Gasteiger partial charge in [-0.2, -0.15) is 4.98 Å². The second-order valence-corrected chi connectivity index (χ2v) is 5.64. The van der Waals surface area contributed by atoms with Crippen molar-refractivity contribution in [2.24, 2.45) is 0 Å². The molecule has 2 heterocycles. The molecular weight excluding hydrogens is 318 g/mol.